The summed E-state index contributed by atoms with van der Waals surface area (Å²) >= 11 is 0. The van der Waals surface area contributed by atoms with E-state index in [-0.39, 0.29) is 10.8 Å². The molecule has 0 aromatic heterocycles. The monoisotopic (exact) mass is 246 g/mol. The molecule has 0 saturated carbocycles. The van der Waals surface area contributed by atoms with Crippen molar-refractivity contribution in [3.8, 4) is 5.75 Å². The number of hydrogen-bond acceptors (Lipinski definition) is 1. The van der Waals surface area contributed by atoms with Gasteiger partial charge in [-0.25, -0.2) is 0 Å². The van der Waals surface area contributed by atoms with E-state index < -0.39 is 0 Å². The van der Waals surface area contributed by atoms with E-state index in [2.05, 4.69) is 60.3 Å². The minimum absolute atomic E-state index is 0.0674. The van der Waals surface area contributed by atoms with E-state index in [0.717, 1.165) is 16.7 Å². The van der Waals surface area contributed by atoms with E-state index in [4.69, 9.17) is 0 Å². The minimum atomic E-state index is -0.0739. The van der Waals surface area contributed by atoms with E-state index in [1.165, 1.54) is 5.56 Å². The van der Waals surface area contributed by atoms with E-state index in [1.807, 2.05) is 6.92 Å². The third-order valence-electron chi connectivity index (χ3n) is 3.24. The summed E-state index contributed by atoms with van der Waals surface area (Å²) in [5.41, 5.74) is 4.00. The predicted octanol–water partition coefficient (Wildman–Crippen LogP) is 5.02. The summed E-state index contributed by atoms with van der Waals surface area (Å²) in [6, 6.07) is 4.19. The number of aromatic hydroxyl groups is 1. The number of phenols is 1. The molecule has 1 N–H and O–H groups in total. The van der Waals surface area contributed by atoms with Crippen LogP contribution in [0.4, 0.5) is 0 Å². The molecule has 0 heterocycles. The number of hydrogen-bond donors (Lipinski definition) is 1. The standard InChI is InChI=1S/C17H26O/c1-11(2)13-9-12(16(3,4)5)10-14(15(13)18)17(6,7)8/h9-10,18H,1H2,2-8H3. The highest BCUT2D eigenvalue weighted by Gasteiger charge is 2.24. The first-order chi connectivity index (χ1) is 7.94. The molecule has 0 amide bonds. The molecule has 0 fully saturated rings. The van der Waals surface area contributed by atoms with Gasteiger partial charge in [0.2, 0.25) is 0 Å². The van der Waals surface area contributed by atoms with Crippen LogP contribution in [0.5, 0.6) is 5.75 Å². The molecular formula is C17H26O. The minimum Gasteiger partial charge on any atom is -0.507 e. The molecular weight excluding hydrogens is 220 g/mol. The van der Waals surface area contributed by atoms with Crippen molar-refractivity contribution < 1.29 is 5.11 Å². The molecule has 18 heavy (non-hydrogen) atoms. The smallest absolute Gasteiger partial charge is 0.126 e. The van der Waals surface area contributed by atoms with E-state index >= 15 is 0 Å². The second-order valence-electron chi connectivity index (χ2n) is 7.20. The number of phenolic OH excluding ortho intramolecular Hbond substituents is 1. The first-order valence-corrected chi connectivity index (χ1v) is 6.48. The third-order valence-corrected chi connectivity index (χ3v) is 3.24. The Labute approximate surface area is 112 Å². The lowest BCUT2D eigenvalue weighted by Crippen LogP contribution is -2.17. The van der Waals surface area contributed by atoms with E-state index in [1.54, 1.807) is 0 Å². The zero-order chi connectivity index (χ0) is 14.3. The van der Waals surface area contributed by atoms with Gasteiger partial charge in [0, 0.05) is 11.1 Å². The highest BCUT2D eigenvalue weighted by atomic mass is 16.3. The number of rotatable bonds is 1. The molecule has 1 rings (SSSR count). The van der Waals surface area contributed by atoms with Gasteiger partial charge in [-0.2, -0.15) is 0 Å². The molecule has 0 aliphatic carbocycles. The Hall–Kier alpha value is -1.24. The number of allylic oxidation sites excluding steroid dienone is 1. The van der Waals surface area contributed by atoms with Gasteiger partial charge in [-0.05, 0) is 35.0 Å². The van der Waals surface area contributed by atoms with Gasteiger partial charge in [0.15, 0.2) is 0 Å². The summed E-state index contributed by atoms with van der Waals surface area (Å²) < 4.78 is 0. The van der Waals surface area contributed by atoms with Gasteiger partial charge >= 0.3 is 0 Å². The van der Waals surface area contributed by atoms with Gasteiger partial charge in [0.25, 0.3) is 0 Å². The predicted molar refractivity (Wildman–Crippen MR) is 80.2 cm³/mol. The summed E-state index contributed by atoms with van der Waals surface area (Å²) in [5, 5.41) is 10.4. The Balaban J connectivity index is 3.63. The topological polar surface area (TPSA) is 20.2 Å². The van der Waals surface area contributed by atoms with Crippen LogP contribution in [0.1, 0.15) is 65.2 Å². The van der Waals surface area contributed by atoms with Gasteiger partial charge in [-0.3, -0.25) is 0 Å². The quantitative estimate of drug-likeness (QED) is 0.737. The Bertz CT molecular complexity index is 468. The lowest BCUT2D eigenvalue weighted by Gasteiger charge is -2.27. The average molecular weight is 246 g/mol. The van der Waals surface area contributed by atoms with Crippen molar-refractivity contribution in [1.82, 2.24) is 0 Å². The molecule has 0 radical (unpaired) electrons. The Morgan fingerprint density at radius 1 is 1.00 bits per heavy atom. The highest BCUT2D eigenvalue weighted by molar-refractivity contribution is 5.70. The molecule has 0 saturated heterocycles. The molecule has 1 heteroatoms. The van der Waals surface area contributed by atoms with Crippen LogP contribution < -0.4 is 0 Å². The molecule has 0 bridgehead atoms. The second kappa shape index (κ2) is 4.46. The second-order valence-corrected chi connectivity index (χ2v) is 7.20. The Morgan fingerprint density at radius 3 is 1.83 bits per heavy atom. The summed E-state index contributed by atoms with van der Waals surface area (Å²) in [4.78, 5) is 0. The van der Waals surface area contributed by atoms with Crippen molar-refractivity contribution in [1.29, 1.82) is 0 Å². The van der Waals surface area contributed by atoms with E-state index in [9.17, 15) is 5.11 Å². The van der Waals surface area contributed by atoms with E-state index in [0.29, 0.717) is 5.75 Å². The molecule has 0 unspecified atom stereocenters. The van der Waals surface area contributed by atoms with Crippen LogP contribution in [0.2, 0.25) is 0 Å². The maximum absolute atomic E-state index is 10.4. The summed E-state index contributed by atoms with van der Waals surface area (Å²) in [6.45, 7) is 18.8. The molecule has 0 atom stereocenters. The maximum Gasteiger partial charge on any atom is 0.126 e. The lowest BCUT2D eigenvalue weighted by molar-refractivity contribution is 0.443. The zero-order valence-electron chi connectivity index (χ0n) is 12.8. The summed E-state index contributed by atoms with van der Waals surface area (Å²) in [7, 11) is 0. The highest BCUT2D eigenvalue weighted by Crippen LogP contribution is 2.39. The maximum atomic E-state index is 10.4. The van der Waals surface area contributed by atoms with Crippen LogP contribution >= 0.6 is 0 Å². The van der Waals surface area contributed by atoms with Crippen LogP contribution in [0.3, 0.4) is 0 Å². The first kappa shape index (κ1) is 14.8. The van der Waals surface area contributed by atoms with Crippen LogP contribution in [0.15, 0.2) is 18.7 Å². The first-order valence-electron chi connectivity index (χ1n) is 6.48. The molecule has 1 aromatic rings. The Morgan fingerprint density at radius 2 is 1.50 bits per heavy atom. The molecule has 1 nitrogen and oxygen atoms in total. The van der Waals surface area contributed by atoms with Crippen LogP contribution in [-0.4, -0.2) is 5.11 Å². The summed E-state index contributed by atoms with van der Waals surface area (Å²) in [6.07, 6.45) is 0. The molecule has 0 aliphatic rings. The van der Waals surface area contributed by atoms with Crippen molar-refractivity contribution in [3.05, 3.63) is 35.4 Å². The van der Waals surface area contributed by atoms with Crippen molar-refractivity contribution >= 4 is 5.57 Å². The van der Waals surface area contributed by atoms with Gasteiger partial charge in [0.05, 0.1) is 0 Å². The van der Waals surface area contributed by atoms with Gasteiger partial charge in [-0.1, -0.05) is 54.2 Å². The zero-order valence-corrected chi connectivity index (χ0v) is 12.8. The largest absolute Gasteiger partial charge is 0.507 e. The fraction of sp³-hybridized carbons (Fsp3) is 0.529. The lowest BCUT2D eigenvalue weighted by atomic mass is 9.78. The average Bonchev–Trinajstić information content (AvgIpc) is 2.13. The van der Waals surface area contributed by atoms with Crippen molar-refractivity contribution in [2.24, 2.45) is 0 Å². The molecule has 100 valence electrons. The third kappa shape index (κ3) is 2.95. The fourth-order valence-electron chi connectivity index (χ4n) is 1.96. The fourth-order valence-corrected chi connectivity index (χ4v) is 1.96. The molecule has 0 spiro atoms. The normalized spacial score (nSPS) is 12.6. The number of benzene rings is 1. The van der Waals surface area contributed by atoms with Gasteiger partial charge in [-0.15, -0.1) is 0 Å². The van der Waals surface area contributed by atoms with Gasteiger partial charge in [0.1, 0.15) is 5.75 Å². The van der Waals surface area contributed by atoms with Crippen LogP contribution in [0, 0.1) is 0 Å². The van der Waals surface area contributed by atoms with Crippen molar-refractivity contribution in [2.75, 3.05) is 0 Å². The molecule has 0 aliphatic heterocycles. The molecule has 1 aromatic carbocycles. The van der Waals surface area contributed by atoms with Crippen LogP contribution in [-0.2, 0) is 10.8 Å². The Kier molecular flexibility index (Phi) is 3.67. The van der Waals surface area contributed by atoms with Crippen molar-refractivity contribution in [2.45, 2.75) is 59.3 Å². The SMILES string of the molecule is C=C(C)c1cc(C(C)(C)C)cc(C(C)(C)C)c1O. The van der Waals surface area contributed by atoms with Crippen molar-refractivity contribution in [3.63, 3.8) is 0 Å². The van der Waals surface area contributed by atoms with Gasteiger partial charge < -0.3 is 5.11 Å². The summed E-state index contributed by atoms with van der Waals surface area (Å²) in [5.74, 6) is 0.378. The van der Waals surface area contributed by atoms with Crippen LogP contribution in [0.25, 0.3) is 5.57 Å².